The molecule has 108 valence electrons. The summed E-state index contributed by atoms with van der Waals surface area (Å²) in [7, 11) is 0. The number of fused-ring (bicyclic) bond motifs is 1. The van der Waals surface area contributed by atoms with E-state index in [0.29, 0.717) is 11.3 Å². The number of carbonyl (C=O) groups is 1. The number of rotatable bonds is 1. The molecular weight excluding hydrogens is 262 g/mol. The summed E-state index contributed by atoms with van der Waals surface area (Å²) in [5.74, 6) is -0.0124. The number of amides is 1. The molecule has 1 aromatic carbocycles. The van der Waals surface area contributed by atoms with Crippen LogP contribution in [0.2, 0.25) is 0 Å². The molecule has 21 heavy (non-hydrogen) atoms. The number of nitrogen functional groups attached to an aromatic ring is 1. The first-order valence-corrected chi connectivity index (χ1v) is 7.28. The third-order valence-corrected chi connectivity index (χ3v) is 3.94. The second-order valence-corrected chi connectivity index (χ2v) is 5.44. The molecule has 0 bridgehead atoms. The monoisotopic (exact) mass is 281 g/mol. The molecule has 1 aliphatic rings. The van der Waals surface area contributed by atoms with Gasteiger partial charge >= 0.3 is 0 Å². The van der Waals surface area contributed by atoms with E-state index in [9.17, 15) is 4.79 Å². The van der Waals surface area contributed by atoms with Crippen LogP contribution in [0.3, 0.4) is 0 Å². The summed E-state index contributed by atoms with van der Waals surface area (Å²) in [5.41, 5.74) is 9.87. The lowest BCUT2D eigenvalue weighted by atomic mass is 10.1. The summed E-state index contributed by atoms with van der Waals surface area (Å²) < 4.78 is 0. The van der Waals surface area contributed by atoms with Gasteiger partial charge in [-0.25, -0.2) is 0 Å². The minimum absolute atomic E-state index is 0.0124. The zero-order valence-electron chi connectivity index (χ0n) is 12.2. The van der Waals surface area contributed by atoms with E-state index < -0.39 is 0 Å². The summed E-state index contributed by atoms with van der Waals surface area (Å²) >= 11 is 0. The first-order valence-electron chi connectivity index (χ1n) is 7.28. The minimum Gasteiger partial charge on any atom is -0.397 e. The van der Waals surface area contributed by atoms with Crippen molar-refractivity contribution in [3.05, 3.63) is 53.3 Å². The molecule has 4 nitrogen and oxygen atoms in total. The molecular formula is C17H19N3O. The Hall–Kier alpha value is -2.36. The van der Waals surface area contributed by atoms with E-state index in [1.807, 2.05) is 30.0 Å². The van der Waals surface area contributed by atoms with Gasteiger partial charge in [0, 0.05) is 12.2 Å². The topological polar surface area (TPSA) is 59.2 Å². The molecule has 1 amide bonds. The van der Waals surface area contributed by atoms with E-state index in [2.05, 4.69) is 11.1 Å². The largest absolute Gasteiger partial charge is 0.397 e. The number of pyridine rings is 1. The molecule has 0 saturated carbocycles. The highest BCUT2D eigenvalue weighted by molar-refractivity contribution is 6.07. The fraction of sp³-hybridized carbons (Fsp3) is 0.294. The van der Waals surface area contributed by atoms with Gasteiger partial charge in [0.25, 0.3) is 5.91 Å². The Kier molecular flexibility index (Phi) is 3.60. The first kappa shape index (κ1) is 13.6. The number of nitrogens with zero attached hydrogens (tertiary/aromatic N) is 2. The smallest absolute Gasteiger partial charge is 0.260 e. The molecule has 2 N–H and O–H groups in total. The van der Waals surface area contributed by atoms with Crippen LogP contribution < -0.4 is 10.6 Å². The van der Waals surface area contributed by atoms with Crippen molar-refractivity contribution in [2.75, 3.05) is 17.2 Å². The summed E-state index contributed by atoms with van der Waals surface area (Å²) in [6, 6.07) is 9.85. The van der Waals surface area contributed by atoms with E-state index in [1.165, 1.54) is 5.56 Å². The number of benzene rings is 1. The number of carbonyl (C=O) groups excluding carboxylic acids is 1. The lowest BCUT2D eigenvalue weighted by molar-refractivity contribution is 0.0986. The van der Waals surface area contributed by atoms with Crippen molar-refractivity contribution in [2.45, 2.75) is 26.2 Å². The first-order chi connectivity index (χ1) is 10.2. The molecule has 0 saturated heterocycles. The van der Waals surface area contributed by atoms with Gasteiger partial charge in [0.2, 0.25) is 0 Å². The zero-order chi connectivity index (χ0) is 14.8. The molecule has 3 rings (SSSR count). The average Bonchev–Trinajstić information content (AvgIpc) is 2.71. The number of nitrogens with two attached hydrogens (primary N) is 1. The second kappa shape index (κ2) is 5.56. The second-order valence-electron chi connectivity index (χ2n) is 5.44. The Morgan fingerprint density at radius 2 is 2.10 bits per heavy atom. The molecule has 0 atom stereocenters. The van der Waals surface area contributed by atoms with Gasteiger partial charge in [-0.05, 0) is 43.9 Å². The van der Waals surface area contributed by atoms with Crippen LogP contribution in [0, 0.1) is 6.92 Å². The fourth-order valence-corrected chi connectivity index (χ4v) is 2.81. The van der Waals surface area contributed by atoms with Crippen molar-refractivity contribution in [3.8, 4) is 0 Å². The van der Waals surface area contributed by atoms with Crippen molar-refractivity contribution >= 4 is 17.3 Å². The highest BCUT2D eigenvalue weighted by atomic mass is 16.2. The Morgan fingerprint density at radius 1 is 1.29 bits per heavy atom. The number of aryl methyl sites for hydroxylation is 2. The van der Waals surface area contributed by atoms with Crippen LogP contribution in [0.4, 0.5) is 11.4 Å². The van der Waals surface area contributed by atoms with Gasteiger partial charge in [0.1, 0.15) is 0 Å². The fourth-order valence-electron chi connectivity index (χ4n) is 2.81. The predicted octanol–water partition coefficient (Wildman–Crippen LogP) is 2.96. The van der Waals surface area contributed by atoms with Crippen LogP contribution >= 0.6 is 0 Å². The summed E-state index contributed by atoms with van der Waals surface area (Å²) in [5, 5.41) is 0. The highest BCUT2D eigenvalue weighted by Crippen LogP contribution is 2.28. The predicted molar refractivity (Wildman–Crippen MR) is 84.4 cm³/mol. The van der Waals surface area contributed by atoms with Crippen LogP contribution in [0.1, 0.15) is 34.5 Å². The van der Waals surface area contributed by atoms with E-state index >= 15 is 0 Å². The number of aromatic nitrogens is 1. The van der Waals surface area contributed by atoms with E-state index in [1.54, 1.807) is 12.3 Å². The van der Waals surface area contributed by atoms with Crippen molar-refractivity contribution in [3.63, 3.8) is 0 Å². The van der Waals surface area contributed by atoms with Crippen molar-refractivity contribution in [2.24, 2.45) is 0 Å². The Labute approximate surface area is 124 Å². The van der Waals surface area contributed by atoms with Crippen LogP contribution in [-0.4, -0.2) is 17.4 Å². The minimum atomic E-state index is -0.0124. The van der Waals surface area contributed by atoms with E-state index in [4.69, 9.17) is 5.73 Å². The number of hydrogen-bond acceptors (Lipinski definition) is 3. The van der Waals surface area contributed by atoms with Crippen molar-refractivity contribution in [1.82, 2.24) is 4.98 Å². The molecule has 0 aliphatic carbocycles. The maximum Gasteiger partial charge on any atom is 0.260 e. The van der Waals surface area contributed by atoms with Crippen LogP contribution in [0.25, 0.3) is 0 Å². The standard InChI is InChI=1S/C17H19N3O/c1-12-15(10-14(18)11-19-12)17(21)20-9-5-4-7-13-6-2-3-8-16(13)20/h2-3,6,8,10-11H,4-5,7,9,18H2,1H3. The van der Waals surface area contributed by atoms with Gasteiger partial charge in [-0.1, -0.05) is 18.2 Å². The molecule has 1 aliphatic heterocycles. The molecule has 0 unspecified atom stereocenters. The molecule has 2 heterocycles. The van der Waals surface area contributed by atoms with E-state index in [0.717, 1.165) is 37.2 Å². The quantitative estimate of drug-likeness (QED) is 0.874. The summed E-state index contributed by atoms with van der Waals surface area (Å²) in [6.45, 7) is 2.58. The van der Waals surface area contributed by atoms with Crippen LogP contribution in [0.15, 0.2) is 36.5 Å². The van der Waals surface area contributed by atoms with Crippen molar-refractivity contribution in [1.29, 1.82) is 0 Å². The summed E-state index contributed by atoms with van der Waals surface area (Å²) in [6.07, 6.45) is 4.72. The Balaban J connectivity index is 2.03. The third-order valence-electron chi connectivity index (χ3n) is 3.94. The van der Waals surface area contributed by atoms with Crippen LogP contribution in [0.5, 0.6) is 0 Å². The van der Waals surface area contributed by atoms with Gasteiger partial charge < -0.3 is 10.6 Å². The van der Waals surface area contributed by atoms with E-state index in [-0.39, 0.29) is 5.91 Å². The number of anilines is 2. The van der Waals surface area contributed by atoms with Gasteiger partial charge in [0.05, 0.1) is 23.1 Å². The van der Waals surface area contributed by atoms with Crippen LogP contribution in [-0.2, 0) is 6.42 Å². The summed E-state index contributed by atoms with van der Waals surface area (Å²) in [4.78, 5) is 19.0. The molecule has 2 aromatic rings. The zero-order valence-corrected chi connectivity index (χ0v) is 12.2. The normalized spacial score (nSPS) is 14.4. The third kappa shape index (κ3) is 2.61. The maximum absolute atomic E-state index is 12.9. The van der Waals surface area contributed by atoms with Gasteiger partial charge in [-0.3, -0.25) is 9.78 Å². The lowest BCUT2D eigenvalue weighted by Gasteiger charge is -2.23. The molecule has 0 fully saturated rings. The van der Waals surface area contributed by atoms with Gasteiger partial charge in [-0.2, -0.15) is 0 Å². The average molecular weight is 281 g/mol. The van der Waals surface area contributed by atoms with Gasteiger partial charge in [0.15, 0.2) is 0 Å². The molecule has 1 aromatic heterocycles. The van der Waals surface area contributed by atoms with Crippen molar-refractivity contribution < 1.29 is 4.79 Å². The molecule has 4 heteroatoms. The highest BCUT2D eigenvalue weighted by Gasteiger charge is 2.23. The maximum atomic E-state index is 12.9. The Bertz CT molecular complexity index is 681. The number of para-hydroxylation sites is 1. The molecule has 0 radical (unpaired) electrons. The SMILES string of the molecule is Cc1ncc(N)cc1C(=O)N1CCCCc2ccccc21. The lowest BCUT2D eigenvalue weighted by Crippen LogP contribution is -2.32. The van der Waals surface area contributed by atoms with Gasteiger partial charge in [-0.15, -0.1) is 0 Å². The number of hydrogen-bond donors (Lipinski definition) is 1. The molecule has 0 spiro atoms. The Morgan fingerprint density at radius 3 is 2.95 bits per heavy atom.